The lowest BCUT2D eigenvalue weighted by Gasteiger charge is -2.28. The summed E-state index contributed by atoms with van der Waals surface area (Å²) < 4.78 is 0. The minimum Gasteiger partial charge on any atom is -0.394 e. The molecule has 3 atom stereocenters. The van der Waals surface area contributed by atoms with Gasteiger partial charge >= 0.3 is 0 Å². The predicted molar refractivity (Wildman–Crippen MR) is 74.6 cm³/mol. The molecular formula is C15H22N2O2. The molecule has 0 radical (unpaired) electrons. The van der Waals surface area contributed by atoms with E-state index in [1.54, 1.807) is 0 Å². The molecule has 4 nitrogen and oxygen atoms in total. The Morgan fingerprint density at radius 1 is 1.47 bits per heavy atom. The van der Waals surface area contributed by atoms with Crippen LogP contribution in [0, 0.1) is 5.92 Å². The normalized spacial score (nSPS) is 24.7. The van der Waals surface area contributed by atoms with Crippen molar-refractivity contribution in [1.82, 2.24) is 10.6 Å². The number of hydrogen-bond acceptors (Lipinski definition) is 3. The van der Waals surface area contributed by atoms with Crippen LogP contribution in [-0.4, -0.2) is 30.2 Å². The molecule has 0 saturated carbocycles. The van der Waals surface area contributed by atoms with Gasteiger partial charge in [-0.15, -0.1) is 0 Å². The Labute approximate surface area is 114 Å². The molecule has 0 bridgehead atoms. The van der Waals surface area contributed by atoms with E-state index < -0.39 is 0 Å². The number of aliphatic hydroxyl groups excluding tert-OH is 1. The smallest absolute Gasteiger partial charge is 0.237 e. The van der Waals surface area contributed by atoms with Gasteiger partial charge in [0.15, 0.2) is 0 Å². The SMILES string of the molecule is CC1CCNC(C(=O)N[C@H](CO)c2ccccc2)C1. The number of carbonyl (C=O) groups is 1. The van der Waals surface area contributed by atoms with Gasteiger partial charge in [-0.1, -0.05) is 37.3 Å². The van der Waals surface area contributed by atoms with E-state index in [4.69, 9.17) is 0 Å². The van der Waals surface area contributed by atoms with Crippen molar-refractivity contribution in [3.8, 4) is 0 Å². The van der Waals surface area contributed by atoms with E-state index >= 15 is 0 Å². The highest BCUT2D eigenvalue weighted by Crippen LogP contribution is 2.17. The minimum absolute atomic E-state index is 0.0190. The van der Waals surface area contributed by atoms with Gasteiger partial charge in [-0.2, -0.15) is 0 Å². The fraction of sp³-hybridized carbons (Fsp3) is 0.533. The topological polar surface area (TPSA) is 61.4 Å². The summed E-state index contributed by atoms with van der Waals surface area (Å²) in [5.41, 5.74) is 0.933. The zero-order valence-electron chi connectivity index (χ0n) is 11.3. The van der Waals surface area contributed by atoms with E-state index in [-0.39, 0.29) is 24.6 Å². The molecule has 1 amide bonds. The summed E-state index contributed by atoms with van der Waals surface area (Å²) in [5, 5.41) is 15.6. The monoisotopic (exact) mass is 262 g/mol. The fourth-order valence-corrected chi connectivity index (χ4v) is 2.50. The summed E-state index contributed by atoms with van der Waals surface area (Å²) in [6, 6.07) is 9.10. The van der Waals surface area contributed by atoms with Crippen LogP contribution in [-0.2, 0) is 4.79 Å². The van der Waals surface area contributed by atoms with Crippen LogP contribution in [0.5, 0.6) is 0 Å². The molecule has 0 aromatic heterocycles. The van der Waals surface area contributed by atoms with Gasteiger partial charge in [0.05, 0.1) is 18.7 Å². The van der Waals surface area contributed by atoms with Crippen LogP contribution in [0.4, 0.5) is 0 Å². The highest BCUT2D eigenvalue weighted by Gasteiger charge is 2.26. The average molecular weight is 262 g/mol. The lowest BCUT2D eigenvalue weighted by Crippen LogP contribution is -2.49. The Morgan fingerprint density at radius 2 is 2.21 bits per heavy atom. The molecule has 3 N–H and O–H groups in total. The van der Waals surface area contributed by atoms with Crippen LogP contribution in [0.1, 0.15) is 31.4 Å². The molecule has 2 unspecified atom stereocenters. The highest BCUT2D eigenvalue weighted by molar-refractivity contribution is 5.82. The maximum absolute atomic E-state index is 12.2. The maximum Gasteiger partial charge on any atom is 0.237 e. The Balaban J connectivity index is 1.96. The van der Waals surface area contributed by atoms with Crippen molar-refractivity contribution in [3.63, 3.8) is 0 Å². The molecule has 2 rings (SSSR count). The van der Waals surface area contributed by atoms with Gasteiger partial charge in [0.25, 0.3) is 0 Å². The molecule has 1 aromatic carbocycles. The van der Waals surface area contributed by atoms with Crippen molar-refractivity contribution in [2.45, 2.75) is 31.8 Å². The molecule has 0 aliphatic carbocycles. The number of piperidine rings is 1. The van der Waals surface area contributed by atoms with Gasteiger partial charge in [0, 0.05) is 0 Å². The zero-order valence-corrected chi connectivity index (χ0v) is 11.3. The Morgan fingerprint density at radius 3 is 2.84 bits per heavy atom. The first-order valence-corrected chi connectivity index (χ1v) is 6.90. The third-order valence-corrected chi connectivity index (χ3v) is 3.68. The van der Waals surface area contributed by atoms with E-state index in [1.165, 1.54) is 0 Å². The molecule has 104 valence electrons. The molecule has 1 aliphatic rings. The third-order valence-electron chi connectivity index (χ3n) is 3.68. The van der Waals surface area contributed by atoms with Gasteiger partial charge in [-0.05, 0) is 30.9 Å². The van der Waals surface area contributed by atoms with E-state index in [9.17, 15) is 9.90 Å². The lowest BCUT2D eigenvalue weighted by atomic mass is 9.93. The first kappa shape index (κ1) is 14.0. The molecule has 1 fully saturated rings. The van der Waals surface area contributed by atoms with Gasteiger partial charge in [-0.3, -0.25) is 4.79 Å². The van der Waals surface area contributed by atoms with Crippen molar-refractivity contribution >= 4 is 5.91 Å². The van der Waals surface area contributed by atoms with E-state index in [0.29, 0.717) is 5.92 Å². The number of carbonyl (C=O) groups excluding carboxylic acids is 1. The van der Waals surface area contributed by atoms with E-state index in [0.717, 1.165) is 24.9 Å². The Kier molecular flexibility index (Phi) is 4.93. The van der Waals surface area contributed by atoms with Crippen LogP contribution < -0.4 is 10.6 Å². The standard InChI is InChI=1S/C15H22N2O2/c1-11-7-8-16-13(9-11)15(19)17-14(10-18)12-5-3-2-4-6-12/h2-6,11,13-14,16,18H,7-10H2,1H3,(H,17,19)/t11?,13?,14-/m1/s1. The van der Waals surface area contributed by atoms with Crippen LogP contribution in [0.2, 0.25) is 0 Å². The second-order valence-electron chi connectivity index (χ2n) is 5.29. The highest BCUT2D eigenvalue weighted by atomic mass is 16.3. The number of amides is 1. The molecule has 19 heavy (non-hydrogen) atoms. The van der Waals surface area contributed by atoms with Crippen LogP contribution in [0.15, 0.2) is 30.3 Å². The van der Waals surface area contributed by atoms with Crippen LogP contribution >= 0.6 is 0 Å². The predicted octanol–water partition coefficient (Wildman–Crippen LogP) is 1.22. The minimum atomic E-state index is -0.326. The summed E-state index contributed by atoms with van der Waals surface area (Å²) in [4.78, 5) is 12.2. The molecule has 1 heterocycles. The lowest BCUT2D eigenvalue weighted by molar-refractivity contribution is -0.125. The summed E-state index contributed by atoms with van der Waals surface area (Å²) in [6.45, 7) is 2.97. The first-order chi connectivity index (χ1) is 9.20. The largest absolute Gasteiger partial charge is 0.394 e. The third kappa shape index (κ3) is 3.78. The van der Waals surface area contributed by atoms with Crippen molar-refractivity contribution in [2.75, 3.05) is 13.2 Å². The van der Waals surface area contributed by atoms with E-state index in [1.807, 2.05) is 30.3 Å². The quantitative estimate of drug-likeness (QED) is 0.764. The number of aliphatic hydroxyl groups is 1. The number of hydrogen-bond donors (Lipinski definition) is 3. The fourth-order valence-electron chi connectivity index (χ4n) is 2.50. The molecule has 1 saturated heterocycles. The average Bonchev–Trinajstić information content (AvgIpc) is 2.45. The summed E-state index contributed by atoms with van der Waals surface area (Å²) in [7, 11) is 0. The van der Waals surface area contributed by atoms with Crippen molar-refractivity contribution in [3.05, 3.63) is 35.9 Å². The van der Waals surface area contributed by atoms with Gasteiger partial charge < -0.3 is 15.7 Å². The van der Waals surface area contributed by atoms with Crippen molar-refractivity contribution in [2.24, 2.45) is 5.92 Å². The summed E-state index contributed by atoms with van der Waals surface area (Å²) >= 11 is 0. The number of benzene rings is 1. The Bertz CT molecular complexity index is 408. The summed E-state index contributed by atoms with van der Waals surface area (Å²) in [6.07, 6.45) is 1.98. The maximum atomic E-state index is 12.2. The van der Waals surface area contributed by atoms with Gasteiger partial charge in [0.2, 0.25) is 5.91 Å². The number of nitrogens with one attached hydrogen (secondary N) is 2. The zero-order chi connectivity index (χ0) is 13.7. The van der Waals surface area contributed by atoms with Crippen molar-refractivity contribution in [1.29, 1.82) is 0 Å². The second-order valence-corrected chi connectivity index (χ2v) is 5.29. The van der Waals surface area contributed by atoms with Gasteiger partial charge in [-0.25, -0.2) is 0 Å². The Hall–Kier alpha value is -1.39. The van der Waals surface area contributed by atoms with E-state index in [2.05, 4.69) is 17.6 Å². The molecule has 1 aromatic rings. The second kappa shape index (κ2) is 6.68. The molecule has 4 heteroatoms. The molecule has 1 aliphatic heterocycles. The summed E-state index contributed by atoms with van der Waals surface area (Å²) in [5.74, 6) is 0.552. The van der Waals surface area contributed by atoms with Gasteiger partial charge in [0.1, 0.15) is 0 Å². The molecular weight excluding hydrogens is 240 g/mol. The van der Waals surface area contributed by atoms with Crippen LogP contribution in [0.3, 0.4) is 0 Å². The molecule has 0 spiro atoms. The van der Waals surface area contributed by atoms with Crippen molar-refractivity contribution < 1.29 is 9.90 Å². The van der Waals surface area contributed by atoms with Crippen LogP contribution in [0.25, 0.3) is 0 Å². The number of rotatable bonds is 4. The first-order valence-electron chi connectivity index (χ1n) is 6.90.